The highest BCUT2D eigenvalue weighted by Gasteiger charge is 2.45. The maximum absolute atomic E-state index is 13.3. The van der Waals surface area contributed by atoms with Crippen molar-refractivity contribution in [3.8, 4) is 5.75 Å². The third kappa shape index (κ3) is 2.60. The maximum Gasteiger partial charge on any atom is 0.233 e. The Morgan fingerprint density at radius 2 is 1.91 bits per heavy atom. The van der Waals surface area contributed by atoms with Gasteiger partial charge in [-0.15, -0.1) is 0 Å². The van der Waals surface area contributed by atoms with Gasteiger partial charge in [-0.2, -0.15) is 0 Å². The molecule has 0 unspecified atom stereocenters. The van der Waals surface area contributed by atoms with Crippen LogP contribution in [-0.4, -0.2) is 44.1 Å². The summed E-state index contributed by atoms with van der Waals surface area (Å²) in [6.07, 6.45) is 4.19. The highest BCUT2D eigenvalue weighted by Crippen LogP contribution is 2.44. The van der Waals surface area contributed by atoms with E-state index in [4.69, 9.17) is 4.74 Å². The summed E-state index contributed by atoms with van der Waals surface area (Å²) in [6.45, 7) is 5.49. The lowest BCUT2D eigenvalue weighted by molar-refractivity contribution is -0.138. The summed E-state index contributed by atoms with van der Waals surface area (Å²) in [5.41, 5.74) is 1.92. The van der Waals surface area contributed by atoms with Gasteiger partial charge in [-0.25, -0.2) is 0 Å². The molecular formula is C18H26N2O2. The Labute approximate surface area is 132 Å². The van der Waals surface area contributed by atoms with Crippen molar-refractivity contribution in [2.75, 3.05) is 33.3 Å². The van der Waals surface area contributed by atoms with Crippen molar-refractivity contribution < 1.29 is 9.53 Å². The van der Waals surface area contributed by atoms with Crippen LogP contribution in [0.1, 0.15) is 36.8 Å². The first-order chi connectivity index (χ1) is 10.7. The average molecular weight is 302 g/mol. The van der Waals surface area contributed by atoms with Gasteiger partial charge in [-0.1, -0.05) is 25.0 Å². The first kappa shape index (κ1) is 15.3. The third-order valence-electron chi connectivity index (χ3n) is 5.23. The number of nitrogens with zero attached hydrogens (tertiary/aromatic N) is 1. The van der Waals surface area contributed by atoms with Gasteiger partial charge in [0.1, 0.15) is 5.75 Å². The second-order valence-corrected chi connectivity index (χ2v) is 6.52. The minimum Gasteiger partial charge on any atom is -0.496 e. The van der Waals surface area contributed by atoms with Gasteiger partial charge in [0.15, 0.2) is 0 Å². The van der Waals surface area contributed by atoms with Gasteiger partial charge in [0.2, 0.25) is 5.91 Å². The van der Waals surface area contributed by atoms with Crippen LogP contribution in [0.5, 0.6) is 5.75 Å². The van der Waals surface area contributed by atoms with Gasteiger partial charge in [0.25, 0.3) is 0 Å². The van der Waals surface area contributed by atoms with E-state index in [1.165, 1.54) is 0 Å². The molecule has 22 heavy (non-hydrogen) atoms. The van der Waals surface area contributed by atoms with Gasteiger partial charge >= 0.3 is 0 Å². The molecule has 1 saturated heterocycles. The fourth-order valence-corrected chi connectivity index (χ4v) is 3.89. The predicted molar refractivity (Wildman–Crippen MR) is 87.3 cm³/mol. The number of benzene rings is 1. The van der Waals surface area contributed by atoms with Crippen molar-refractivity contribution in [2.45, 2.75) is 38.0 Å². The number of nitrogens with one attached hydrogen (secondary N) is 1. The zero-order valence-electron chi connectivity index (χ0n) is 13.7. The van der Waals surface area contributed by atoms with Crippen molar-refractivity contribution in [3.05, 3.63) is 29.3 Å². The Kier molecular flexibility index (Phi) is 4.39. The van der Waals surface area contributed by atoms with E-state index in [1.54, 1.807) is 7.11 Å². The van der Waals surface area contributed by atoms with Crippen molar-refractivity contribution in [1.29, 1.82) is 0 Å². The predicted octanol–water partition coefficient (Wildman–Crippen LogP) is 2.25. The fourth-order valence-electron chi connectivity index (χ4n) is 3.89. The quantitative estimate of drug-likeness (QED) is 0.931. The van der Waals surface area contributed by atoms with Crippen LogP contribution in [0.15, 0.2) is 18.2 Å². The molecule has 1 saturated carbocycles. The minimum absolute atomic E-state index is 0.317. The number of rotatable bonds is 3. The molecule has 0 atom stereocenters. The smallest absolute Gasteiger partial charge is 0.233 e. The van der Waals surface area contributed by atoms with Crippen LogP contribution >= 0.6 is 0 Å². The van der Waals surface area contributed by atoms with E-state index in [0.29, 0.717) is 5.91 Å². The monoisotopic (exact) mass is 302 g/mol. The van der Waals surface area contributed by atoms with Crippen LogP contribution in [0.4, 0.5) is 0 Å². The molecule has 0 radical (unpaired) electrons. The molecule has 1 N–H and O–H groups in total. The number of carbonyl (C=O) groups is 1. The van der Waals surface area contributed by atoms with E-state index >= 15 is 0 Å². The second-order valence-electron chi connectivity index (χ2n) is 6.52. The van der Waals surface area contributed by atoms with E-state index in [2.05, 4.69) is 23.5 Å². The molecule has 0 aromatic heterocycles. The standard InChI is InChI=1S/C18H26N2O2/c1-14-5-6-15(13-16(14)22-2)18(7-3-4-8-18)17(21)20-11-9-19-10-12-20/h5-6,13,19H,3-4,7-12H2,1-2H3. The number of methoxy groups -OCH3 is 1. The highest BCUT2D eigenvalue weighted by atomic mass is 16.5. The van der Waals surface area contributed by atoms with Crippen molar-refractivity contribution in [1.82, 2.24) is 10.2 Å². The lowest BCUT2D eigenvalue weighted by Gasteiger charge is -2.37. The number of piperazine rings is 1. The van der Waals surface area contributed by atoms with Crippen LogP contribution in [0.3, 0.4) is 0 Å². The van der Waals surface area contributed by atoms with Gasteiger partial charge < -0.3 is 15.0 Å². The molecule has 1 aromatic carbocycles. The number of hydrogen-bond donors (Lipinski definition) is 1. The Balaban J connectivity index is 1.95. The van der Waals surface area contributed by atoms with Gasteiger partial charge in [-0.3, -0.25) is 4.79 Å². The molecule has 1 aliphatic carbocycles. The summed E-state index contributed by atoms with van der Waals surface area (Å²) < 4.78 is 5.48. The maximum atomic E-state index is 13.3. The summed E-state index contributed by atoms with van der Waals surface area (Å²) in [7, 11) is 1.70. The zero-order valence-corrected chi connectivity index (χ0v) is 13.7. The van der Waals surface area contributed by atoms with Crippen molar-refractivity contribution >= 4 is 5.91 Å². The largest absolute Gasteiger partial charge is 0.496 e. The van der Waals surface area contributed by atoms with Crippen LogP contribution in [0, 0.1) is 6.92 Å². The van der Waals surface area contributed by atoms with Crippen LogP contribution in [-0.2, 0) is 10.2 Å². The molecule has 1 aliphatic heterocycles. The molecule has 0 spiro atoms. The first-order valence-electron chi connectivity index (χ1n) is 8.32. The fraction of sp³-hybridized carbons (Fsp3) is 0.611. The molecule has 0 bridgehead atoms. The lowest BCUT2D eigenvalue weighted by atomic mass is 9.77. The second kappa shape index (κ2) is 6.29. The van der Waals surface area contributed by atoms with E-state index in [-0.39, 0.29) is 5.41 Å². The summed E-state index contributed by atoms with van der Waals surface area (Å²) in [5, 5.41) is 3.32. The van der Waals surface area contributed by atoms with E-state index in [0.717, 1.165) is 68.7 Å². The van der Waals surface area contributed by atoms with Gasteiger partial charge in [0, 0.05) is 26.2 Å². The number of hydrogen-bond acceptors (Lipinski definition) is 3. The van der Waals surface area contributed by atoms with Crippen LogP contribution < -0.4 is 10.1 Å². The van der Waals surface area contributed by atoms with Crippen LogP contribution in [0.2, 0.25) is 0 Å². The Morgan fingerprint density at radius 1 is 1.23 bits per heavy atom. The average Bonchev–Trinajstić information content (AvgIpc) is 3.06. The van der Waals surface area contributed by atoms with E-state index < -0.39 is 0 Å². The Hall–Kier alpha value is -1.55. The van der Waals surface area contributed by atoms with Crippen LogP contribution in [0.25, 0.3) is 0 Å². The minimum atomic E-state index is -0.335. The van der Waals surface area contributed by atoms with Crippen molar-refractivity contribution in [2.24, 2.45) is 0 Å². The van der Waals surface area contributed by atoms with Gasteiger partial charge in [0.05, 0.1) is 12.5 Å². The molecule has 3 rings (SSSR count). The molecular weight excluding hydrogens is 276 g/mol. The topological polar surface area (TPSA) is 41.6 Å². The molecule has 4 nitrogen and oxygen atoms in total. The number of carbonyl (C=O) groups excluding carboxylic acids is 1. The molecule has 1 aromatic rings. The SMILES string of the molecule is COc1cc(C2(C(=O)N3CCNCC3)CCCC2)ccc1C. The molecule has 1 heterocycles. The number of ether oxygens (including phenoxy) is 1. The molecule has 120 valence electrons. The number of amides is 1. The van der Waals surface area contributed by atoms with Crippen molar-refractivity contribution in [3.63, 3.8) is 0 Å². The summed E-state index contributed by atoms with van der Waals surface area (Å²) in [5.74, 6) is 1.20. The number of aryl methyl sites for hydroxylation is 1. The molecule has 1 amide bonds. The zero-order chi connectivity index (χ0) is 15.6. The van der Waals surface area contributed by atoms with E-state index in [1.807, 2.05) is 11.8 Å². The molecule has 4 heteroatoms. The summed E-state index contributed by atoms with van der Waals surface area (Å²) >= 11 is 0. The summed E-state index contributed by atoms with van der Waals surface area (Å²) in [6, 6.07) is 6.29. The normalized spacial score (nSPS) is 20.9. The molecule has 2 aliphatic rings. The first-order valence-corrected chi connectivity index (χ1v) is 8.32. The lowest BCUT2D eigenvalue weighted by Crippen LogP contribution is -2.52. The molecule has 2 fully saturated rings. The highest BCUT2D eigenvalue weighted by molar-refractivity contribution is 5.89. The summed E-state index contributed by atoms with van der Waals surface area (Å²) in [4.78, 5) is 15.3. The van der Waals surface area contributed by atoms with Gasteiger partial charge in [-0.05, 0) is 37.0 Å². The Morgan fingerprint density at radius 3 is 2.55 bits per heavy atom. The van der Waals surface area contributed by atoms with E-state index in [9.17, 15) is 4.79 Å². The Bertz CT molecular complexity index is 544. The third-order valence-corrected chi connectivity index (χ3v) is 5.23.